The van der Waals surface area contributed by atoms with E-state index in [0.717, 1.165) is 19.6 Å². The van der Waals surface area contributed by atoms with Gasteiger partial charge in [0, 0.05) is 26.1 Å². The molecule has 5 heteroatoms. The summed E-state index contributed by atoms with van der Waals surface area (Å²) in [7, 11) is 0. The third kappa shape index (κ3) is 4.21. The van der Waals surface area contributed by atoms with E-state index >= 15 is 0 Å². The van der Waals surface area contributed by atoms with Gasteiger partial charge in [0.15, 0.2) is 0 Å². The number of para-hydroxylation sites is 2. The van der Waals surface area contributed by atoms with Crippen LogP contribution >= 0.6 is 0 Å². The topological polar surface area (TPSA) is 67.6 Å². The molecule has 2 rings (SSSR count). The normalized spacial score (nSPS) is 23.5. The van der Waals surface area contributed by atoms with Crippen molar-refractivity contribution >= 4 is 17.3 Å². The average molecular weight is 277 g/mol. The van der Waals surface area contributed by atoms with E-state index in [4.69, 9.17) is 10.5 Å². The number of morpholine rings is 1. The summed E-state index contributed by atoms with van der Waals surface area (Å²) < 4.78 is 5.68. The largest absolute Gasteiger partial charge is 0.397 e. The monoisotopic (exact) mass is 277 g/mol. The Morgan fingerprint density at radius 1 is 1.35 bits per heavy atom. The van der Waals surface area contributed by atoms with Gasteiger partial charge in [0.2, 0.25) is 5.91 Å². The van der Waals surface area contributed by atoms with E-state index < -0.39 is 0 Å². The Balaban J connectivity index is 1.79. The van der Waals surface area contributed by atoms with Crippen molar-refractivity contribution in [3.05, 3.63) is 24.3 Å². The minimum Gasteiger partial charge on any atom is -0.397 e. The highest BCUT2D eigenvalue weighted by Crippen LogP contribution is 2.17. The molecule has 1 aromatic rings. The summed E-state index contributed by atoms with van der Waals surface area (Å²) in [4.78, 5) is 14.2. The number of carbonyl (C=O) groups excluding carboxylic acids is 1. The first-order chi connectivity index (χ1) is 9.54. The van der Waals surface area contributed by atoms with Crippen molar-refractivity contribution in [3.63, 3.8) is 0 Å². The molecule has 0 radical (unpaired) electrons. The van der Waals surface area contributed by atoms with E-state index in [2.05, 4.69) is 24.1 Å². The summed E-state index contributed by atoms with van der Waals surface area (Å²) >= 11 is 0. The number of nitrogen functional groups attached to an aromatic ring is 1. The summed E-state index contributed by atoms with van der Waals surface area (Å²) in [5.74, 6) is -0.00491. The highest BCUT2D eigenvalue weighted by molar-refractivity contribution is 5.93. The number of rotatable bonds is 4. The van der Waals surface area contributed by atoms with Crippen LogP contribution in [0.5, 0.6) is 0 Å². The zero-order chi connectivity index (χ0) is 14.5. The van der Waals surface area contributed by atoms with Crippen molar-refractivity contribution in [2.75, 3.05) is 30.7 Å². The molecule has 0 bridgehead atoms. The molecule has 1 heterocycles. The van der Waals surface area contributed by atoms with Gasteiger partial charge in [-0.15, -0.1) is 0 Å². The van der Waals surface area contributed by atoms with Gasteiger partial charge in [-0.25, -0.2) is 0 Å². The van der Waals surface area contributed by atoms with Gasteiger partial charge >= 0.3 is 0 Å². The minimum absolute atomic E-state index is 0.00491. The molecule has 1 amide bonds. The van der Waals surface area contributed by atoms with Gasteiger partial charge in [-0.05, 0) is 26.0 Å². The summed E-state index contributed by atoms with van der Waals surface area (Å²) in [6.07, 6.45) is 0.923. The van der Waals surface area contributed by atoms with Crippen LogP contribution in [-0.2, 0) is 9.53 Å². The molecule has 0 saturated carbocycles. The third-order valence-electron chi connectivity index (χ3n) is 3.39. The second kappa shape index (κ2) is 6.72. The number of ether oxygens (including phenoxy) is 1. The fraction of sp³-hybridized carbons (Fsp3) is 0.533. The quantitative estimate of drug-likeness (QED) is 0.822. The van der Waals surface area contributed by atoms with E-state index in [9.17, 15) is 4.79 Å². The molecule has 3 N–H and O–H groups in total. The Morgan fingerprint density at radius 3 is 2.65 bits per heavy atom. The van der Waals surface area contributed by atoms with Crippen LogP contribution in [0.15, 0.2) is 24.3 Å². The SMILES string of the molecule is CC1CN(CCC(=O)Nc2ccccc2N)CC(C)O1. The van der Waals surface area contributed by atoms with Crippen LogP contribution in [0, 0.1) is 0 Å². The van der Waals surface area contributed by atoms with Crippen molar-refractivity contribution in [3.8, 4) is 0 Å². The summed E-state index contributed by atoms with van der Waals surface area (Å²) in [6.45, 7) is 6.63. The van der Waals surface area contributed by atoms with Crippen LogP contribution < -0.4 is 11.1 Å². The maximum atomic E-state index is 11.9. The molecule has 0 aliphatic carbocycles. The molecule has 1 fully saturated rings. The van der Waals surface area contributed by atoms with E-state index in [1.54, 1.807) is 6.07 Å². The van der Waals surface area contributed by atoms with Gasteiger partial charge in [0.25, 0.3) is 0 Å². The highest BCUT2D eigenvalue weighted by atomic mass is 16.5. The molecule has 0 spiro atoms. The van der Waals surface area contributed by atoms with Gasteiger partial charge in [-0.3, -0.25) is 9.69 Å². The number of amides is 1. The second-order valence-electron chi connectivity index (χ2n) is 5.40. The van der Waals surface area contributed by atoms with Crippen LogP contribution in [0.1, 0.15) is 20.3 Å². The smallest absolute Gasteiger partial charge is 0.225 e. The van der Waals surface area contributed by atoms with Gasteiger partial charge in [0.1, 0.15) is 0 Å². The fourth-order valence-corrected chi connectivity index (χ4v) is 2.55. The van der Waals surface area contributed by atoms with Crippen LogP contribution in [0.4, 0.5) is 11.4 Å². The molecule has 110 valence electrons. The minimum atomic E-state index is -0.00491. The van der Waals surface area contributed by atoms with Crippen molar-refractivity contribution < 1.29 is 9.53 Å². The molecule has 1 aliphatic rings. The number of carbonyl (C=O) groups is 1. The lowest BCUT2D eigenvalue weighted by Crippen LogP contribution is -2.46. The van der Waals surface area contributed by atoms with Crippen LogP contribution in [0.25, 0.3) is 0 Å². The number of hydrogen-bond acceptors (Lipinski definition) is 4. The molecule has 1 aliphatic heterocycles. The summed E-state index contributed by atoms with van der Waals surface area (Å²) in [5.41, 5.74) is 7.08. The zero-order valence-corrected chi connectivity index (χ0v) is 12.1. The predicted octanol–water partition coefficient (Wildman–Crippen LogP) is 1.71. The fourth-order valence-electron chi connectivity index (χ4n) is 2.55. The number of hydrogen-bond donors (Lipinski definition) is 2. The van der Waals surface area contributed by atoms with Crippen LogP contribution in [-0.4, -0.2) is 42.6 Å². The molecule has 1 aromatic carbocycles. The van der Waals surface area contributed by atoms with E-state index in [1.165, 1.54) is 0 Å². The number of nitrogens with two attached hydrogens (primary N) is 1. The van der Waals surface area contributed by atoms with E-state index in [1.807, 2.05) is 18.2 Å². The van der Waals surface area contributed by atoms with Crippen molar-refractivity contribution in [1.29, 1.82) is 0 Å². The third-order valence-corrected chi connectivity index (χ3v) is 3.39. The lowest BCUT2D eigenvalue weighted by Gasteiger charge is -2.35. The van der Waals surface area contributed by atoms with Gasteiger partial charge < -0.3 is 15.8 Å². The van der Waals surface area contributed by atoms with Gasteiger partial charge in [-0.1, -0.05) is 12.1 Å². The van der Waals surface area contributed by atoms with Crippen molar-refractivity contribution in [2.24, 2.45) is 0 Å². The second-order valence-corrected chi connectivity index (χ2v) is 5.40. The Morgan fingerprint density at radius 2 is 2.00 bits per heavy atom. The number of anilines is 2. The first-order valence-corrected chi connectivity index (χ1v) is 7.06. The molecular formula is C15H23N3O2. The maximum absolute atomic E-state index is 11.9. The summed E-state index contributed by atoms with van der Waals surface area (Å²) in [6, 6.07) is 7.30. The standard InChI is InChI=1S/C15H23N3O2/c1-11-9-18(10-12(2)20-11)8-7-15(19)17-14-6-4-3-5-13(14)16/h3-6,11-12H,7-10,16H2,1-2H3,(H,17,19). The number of nitrogens with zero attached hydrogens (tertiary/aromatic N) is 1. The molecule has 2 atom stereocenters. The first kappa shape index (κ1) is 14.8. The number of nitrogens with one attached hydrogen (secondary N) is 1. The van der Waals surface area contributed by atoms with Crippen LogP contribution in [0.3, 0.4) is 0 Å². The van der Waals surface area contributed by atoms with Crippen LogP contribution in [0.2, 0.25) is 0 Å². The van der Waals surface area contributed by atoms with Crippen molar-refractivity contribution in [1.82, 2.24) is 4.90 Å². The Kier molecular flexibility index (Phi) is 4.98. The molecular weight excluding hydrogens is 254 g/mol. The lowest BCUT2D eigenvalue weighted by molar-refractivity contribution is -0.117. The molecule has 5 nitrogen and oxygen atoms in total. The van der Waals surface area contributed by atoms with Crippen molar-refractivity contribution in [2.45, 2.75) is 32.5 Å². The molecule has 1 saturated heterocycles. The maximum Gasteiger partial charge on any atom is 0.225 e. The predicted molar refractivity (Wildman–Crippen MR) is 80.6 cm³/mol. The lowest BCUT2D eigenvalue weighted by atomic mass is 10.2. The zero-order valence-electron chi connectivity index (χ0n) is 12.1. The molecule has 2 unspecified atom stereocenters. The van der Waals surface area contributed by atoms with Gasteiger partial charge in [0.05, 0.1) is 23.6 Å². The first-order valence-electron chi connectivity index (χ1n) is 7.06. The van der Waals surface area contributed by atoms with E-state index in [-0.39, 0.29) is 18.1 Å². The highest BCUT2D eigenvalue weighted by Gasteiger charge is 2.22. The Hall–Kier alpha value is -1.59. The molecule has 20 heavy (non-hydrogen) atoms. The molecule has 0 aromatic heterocycles. The Bertz CT molecular complexity index is 454. The summed E-state index contributed by atoms with van der Waals surface area (Å²) in [5, 5.41) is 2.85. The van der Waals surface area contributed by atoms with E-state index in [0.29, 0.717) is 17.8 Å². The average Bonchev–Trinajstić information content (AvgIpc) is 2.38. The van der Waals surface area contributed by atoms with Gasteiger partial charge in [-0.2, -0.15) is 0 Å². The number of benzene rings is 1. The Labute approximate surface area is 120 Å².